The van der Waals surface area contributed by atoms with E-state index in [-0.39, 0.29) is 22.8 Å². The summed E-state index contributed by atoms with van der Waals surface area (Å²) in [6, 6.07) is 3.77. The summed E-state index contributed by atoms with van der Waals surface area (Å²) in [6.07, 6.45) is 2.81. The molecule has 0 amide bonds. The number of aryl methyl sites for hydroxylation is 1. The molecule has 3 heterocycles. The molecule has 0 saturated carbocycles. The molecule has 7 nitrogen and oxygen atoms in total. The number of hydrogen-bond acceptors (Lipinski definition) is 6. The SMILES string of the molecule is Cc1nc(N2CCC[C@@H]2CN2C[C@@H](C)O[C@H](C)C2)ccc1[N+](=O)[O-]. The average Bonchev–Trinajstić information content (AvgIpc) is 2.93. The zero-order valence-electron chi connectivity index (χ0n) is 14.6. The third-order valence-corrected chi connectivity index (χ3v) is 4.88. The predicted molar refractivity (Wildman–Crippen MR) is 92.4 cm³/mol. The Balaban J connectivity index is 1.71. The molecule has 0 bridgehead atoms. The quantitative estimate of drug-likeness (QED) is 0.622. The van der Waals surface area contributed by atoms with Crippen LogP contribution in [0.25, 0.3) is 0 Å². The molecular weight excluding hydrogens is 308 g/mol. The molecule has 0 aromatic carbocycles. The summed E-state index contributed by atoms with van der Waals surface area (Å²) in [5, 5.41) is 11.0. The van der Waals surface area contributed by atoms with E-state index in [1.165, 1.54) is 0 Å². The van der Waals surface area contributed by atoms with Gasteiger partial charge in [0.1, 0.15) is 11.5 Å². The second kappa shape index (κ2) is 7.03. The Bertz CT molecular complexity index is 599. The number of ether oxygens (including phenoxy) is 1. The molecule has 1 aromatic heterocycles. The molecule has 0 radical (unpaired) electrons. The summed E-state index contributed by atoms with van der Waals surface area (Å²) in [7, 11) is 0. The van der Waals surface area contributed by atoms with Gasteiger partial charge in [-0.05, 0) is 39.7 Å². The molecular formula is C17H26N4O3. The van der Waals surface area contributed by atoms with Crippen molar-refractivity contribution in [2.75, 3.05) is 31.1 Å². The van der Waals surface area contributed by atoms with Crippen LogP contribution in [0.5, 0.6) is 0 Å². The number of aromatic nitrogens is 1. The fourth-order valence-corrected chi connectivity index (χ4v) is 3.95. The molecule has 2 fully saturated rings. The zero-order valence-corrected chi connectivity index (χ0v) is 14.6. The van der Waals surface area contributed by atoms with Gasteiger partial charge in [-0.1, -0.05) is 0 Å². The summed E-state index contributed by atoms with van der Waals surface area (Å²) in [5.74, 6) is 0.856. The second-order valence-corrected chi connectivity index (χ2v) is 7.00. The first-order valence-corrected chi connectivity index (χ1v) is 8.70. The predicted octanol–water partition coefficient (Wildman–Crippen LogP) is 2.38. The van der Waals surface area contributed by atoms with E-state index in [1.807, 2.05) is 0 Å². The van der Waals surface area contributed by atoms with Crippen molar-refractivity contribution < 1.29 is 9.66 Å². The Labute approximate surface area is 142 Å². The lowest BCUT2D eigenvalue weighted by atomic mass is 10.1. The van der Waals surface area contributed by atoms with Gasteiger partial charge < -0.3 is 9.64 Å². The van der Waals surface area contributed by atoms with E-state index in [4.69, 9.17) is 4.74 Å². The fraction of sp³-hybridized carbons (Fsp3) is 0.706. The smallest absolute Gasteiger partial charge is 0.290 e. The van der Waals surface area contributed by atoms with Gasteiger partial charge in [0.05, 0.1) is 17.1 Å². The number of morpholine rings is 1. The highest BCUT2D eigenvalue weighted by molar-refractivity contribution is 5.48. The molecule has 3 atom stereocenters. The molecule has 2 aliphatic heterocycles. The van der Waals surface area contributed by atoms with E-state index >= 15 is 0 Å². The highest BCUT2D eigenvalue weighted by Gasteiger charge is 2.31. The molecule has 0 unspecified atom stereocenters. The van der Waals surface area contributed by atoms with Crippen LogP contribution >= 0.6 is 0 Å². The zero-order chi connectivity index (χ0) is 17.3. The van der Waals surface area contributed by atoms with E-state index in [2.05, 4.69) is 28.6 Å². The van der Waals surface area contributed by atoms with E-state index in [1.54, 1.807) is 19.1 Å². The van der Waals surface area contributed by atoms with Crippen LogP contribution in [-0.4, -0.2) is 59.2 Å². The van der Waals surface area contributed by atoms with Gasteiger partial charge >= 0.3 is 0 Å². The molecule has 0 aliphatic carbocycles. The Morgan fingerprint density at radius 2 is 2.04 bits per heavy atom. The number of hydrogen-bond donors (Lipinski definition) is 0. The molecule has 7 heteroatoms. The van der Waals surface area contributed by atoms with E-state index in [9.17, 15) is 10.1 Å². The standard InChI is InChI=1S/C17H26N4O3/c1-12-9-19(10-13(2)24-12)11-15-5-4-8-20(15)17-7-6-16(21(22)23)14(3)18-17/h6-7,12-13,15H,4-5,8-11H2,1-3H3/t12-,13-,15-/m1/s1. The molecule has 24 heavy (non-hydrogen) atoms. The Morgan fingerprint density at radius 3 is 2.67 bits per heavy atom. The number of nitro groups is 1. The highest BCUT2D eigenvalue weighted by atomic mass is 16.6. The Kier molecular flexibility index (Phi) is 5.01. The molecule has 0 N–H and O–H groups in total. The minimum absolute atomic E-state index is 0.0883. The molecule has 1 aromatic rings. The maximum atomic E-state index is 11.0. The first-order valence-electron chi connectivity index (χ1n) is 8.70. The van der Waals surface area contributed by atoms with E-state index < -0.39 is 0 Å². The Hall–Kier alpha value is -1.73. The van der Waals surface area contributed by atoms with Crippen molar-refractivity contribution >= 4 is 11.5 Å². The van der Waals surface area contributed by atoms with E-state index in [0.717, 1.165) is 44.8 Å². The first kappa shape index (κ1) is 17.1. The summed E-state index contributed by atoms with van der Waals surface area (Å²) < 4.78 is 5.81. The van der Waals surface area contributed by atoms with Gasteiger partial charge in [-0.15, -0.1) is 0 Å². The lowest BCUT2D eigenvalue weighted by Crippen LogP contribution is -2.50. The highest BCUT2D eigenvalue weighted by Crippen LogP contribution is 2.28. The molecule has 2 aliphatic rings. The molecule has 3 rings (SSSR count). The van der Waals surface area contributed by atoms with Gasteiger partial charge in [0.25, 0.3) is 5.69 Å². The van der Waals surface area contributed by atoms with Gasteiger partial charge in [-0.2, -0.15) is 0 Å². The largest absolute Gasteiger partial charge is 0.373 e. The van der Waals surface area contributed by atoms with Crippen molar-refractivity contribution in [3.63, 3.8) is 0 Å². The average molecular weight is 334 g/mol. The van der Waals surface area contributed by atoms with Crippen molar-refractivity contribution in [1.29, 1.82) is 0 Å². The third kappa shape index (κ3) is 3.67. The lowest BCUT2D eigenvalue weighted by molar-refractivity contribution is -0.385. The van der Waals surface area contributed by atoms with Crippen LogP contribution in [0.1, 0.15) is 32.4 Å². The minimum atomic E-state index is -0.371. The second-order valence-electron chi connectivity index (χ2n) is 7.00. The maximum absolute atomic E-state index is 11.0. The number of nitrogens with zero attached hydrogens (tertiary/aromatic N) is 4. The molecule has 0 spiro atoms. The van der Waals surface area contributed by atoms with Gasteiger partial charge in [-0.25, -0.2) is 4.98 Å². The summed E-state index contributed by atoms with van der Waals surface area (Å²) in [5.41, 5.74) is 0.571. The van der Waals surface area contributed by atoms with Crippen LogP contribution in [0, 0.1) is 17.0 Å². The van der Waals surface area contributed by atoms with Gasteiger partial charge in [0, 0.05) is 38.3 Å². The van der Waals surface area contributed by atoms with Gasteiger partial charge in [0.2, 0.25) is 0 Å². The van der Waals surface area contributed by atoms with Crippen LogP contribution in [0.3, 0.4) is 0 Å². The maximum Gasteiger partial charge on any atom is 0.290 e. The van der Waals surface area contributed by atoms with Crippen molar-refractivity contribution in [3.8, 4) is 0 Å². The van der Waals surface area contributed by atoms with Gasteiger partial charge in [-0.3, -0.25) is 15.0 Å². The normalized spacial score (nSPS) is 28.3. The van der Waals surface area contributed by atoms with E-state index in [0.29, 0.717) is 11.7 Å². The first-order chi connectivity index (χ1) is 11.4. The Morgan fingerprint density at radius 1 is 1.33 bits per heavy atom. The fourth-order valence-electron chi connectivity index (χ4n) is 3.95. The lowest BCUT2D eigenvalue weighted by Gasteiger charge is -2.38. The van der Waals surface area contributed by atoms with Crippen LogP contribution in [-0.2, 0) is 4.74 Å². The van der Waals surface area contributed by atoms with Crippen LogP contribution < -0.4 is 4.90 Å². The molecule has 132 valence electrons. The summed E-state index contributed by atoms with van der Waals surface area (Å²) in [6.45, 7) is 9.83. The van der Waals surface area contributed by atoms with Crippen LogP contribution in [0.4, 0.5) is 11.5 Å². The number of pyridine rings is 1. The summed E-state index contributed by atoms with van der Waals surface area (Å²) in [4.78, 5) is 19.9. The minimum Gasteiger partial charge on any atom is -0.373 e. The number of rotatable bonds is 4. The third-order valence-electron chi connectivity index (χ3n) is 4.88. The van der Waals surface area contributed by atoms with Crippen molar-refractivity contribution in [3.05, 3.63) is 27.9 Å². The van der Waals surface area contributed by atoms with Crippen molar-refractivity contribution in [2.45, 2.75) is 51.9 Å². The van der Waals surface area contributed by atoms with Crippen LogP contribution in [0.2, 0.25) is 0 Å². The monoisotopic (exact) mass is 334 g/mol. The molecule has 2 saturated heterocycles. The summed E-state index contributed by atoms with van der Waals surface area (Å²) >= 11 is 0. The van der Waals surface area contributed by atoms with Crippen molar-refractivity contribution in [1.82, 2.24) is 9.88 Å². The topological polar surface area (TPSA) is 71.7 Å². The number of anilines is 1. The van der Waals surface area contributed by atoms with Crippen molar-refractivity contribution in [2.24, 2.45) is 0 Å². The van der Waals surface area contributed by atoms with Crippen LogP contribution in [0.15, 0.2) is 12.1 Å². The van der Waals surface area contributed by atoms with Gasteiger partial charge in [0.15, 0.2) is 0 Å².